The molecular weight excluding hydrogens is 381 g/mol. The van der Waals surface area contributed by atoms with Crippen molar-refractivity contribution in [3.05, 3.63) is 94.8 Å². The first kappa shape index (κ1) is 19.4. The fourth-order valence-electron chi connectivity index (χ4n) is 3.24. The van der Waals surface area contributed by atoms with Crippen molar-refractivity contribution in [2.24, 2.45) is 0 Å². The minimum Gasteiger partial charge on any atom is -0.384 e. The van der Waals surface area contributed by atoms with Crippen molar-refractivity contribution in [2.45, 2.75) is 19.9 Å². The molecule has 3 aromatic heterocycles. The number of fused-ring (bicyclic) bond motifs is 1. The second kappa shape index (κ2) is 8.24. The molecule has 30 heavy (non-hydrogen) atoms. The van der Waals surface area contributed by atoms with Gasteiger partial charge in [0, 0.05) is 47.7 Å². The van der Waals surface area contributed by atoms with Crippen molar-refractivity contribution >= 4 is 22.6 Å². The zero-order valence-corrected chi connectivity index (χ0v) is 16.4. The summed E-state index contributed by atoms with van der Waals surface area (Å²) in [5.74, 6) is -0.0503. The summed E-state index contributed by atoms with van der Waals surface area (Å²) < 4.78 is 13.5. The Kier molecular flexibility index (Phi) is 5.34. The Morgan fingerprint density at radius 1 is 1.10 bits per heavy atom. The van der Waals surface area contributed by atoms with Gasteiger partial charge in [-0.3, -0.25) is 14.8 Å². The van der Waals surface area contributed by atoms with Crippen LogP contribution in [-0.2, 0) is 13.0 Å². The van der Waals surface area contributed by atoms with Crippen LogP contribution in [0.1, 0.15) is 32.9 Å². The normalized spacial score (nSPS) is 10.9. The molecule has 0 saturated carbocycles. The lowest BCUT2D eigenvalue weighted by Gasteiger charge is -2.09. The molecule has 0 aliphatic rings. The number of aryl methyl sites for hydroxylation is 1. The molecule has 0 bridgehead atoms. The average Bonchev–Trinajstić information content (AvgIpc) is 2.73. The number of hydrogen-bond acceptors (Lipinski definition) is 5. The van der Waals surface area contributed by atoms with E-state index in [0.717, 1.165) is 33.4 Å². The molecule has 1 amide bonds. The number of aromatic nitrogens is 3. The summed E-state index contributed by atoms with van der Waals surface area (Å²) in [4.78, 5) is 25.5. The summed E-state index contributed by atoms with van der Waals surface area (Å²) in [5, 5.41) is 3.63. The van der Waals surface area contributed by atoms with Gasteiger partial charge in [-0.1, -0.05) is 6.07 Å². The van der Waals surface area contributed by atoms with E-state index in [1.165, 1.54) is 12.1 Å². The number of pyridine rings is 3. The number of nitrogens with zero attached hydrogens (tertiary/aromatic N) is 3. The van der Waals surface area contributed by atoms with Crippen LogP contribution in [0.2, 0.25) is 0 Å². The average molecular weight is 401 g/mol. The topological polar surface area (TPSA) is 93.8 Å². The number of nitrogens with two attached hydrogens (primary N) is 1. The number of amides is 1. The van der Waals surface area contributed by atoms with Crippen molar-refractivity contribution in [1.82, 2.24) is 20.3 Å². The van der Waals surface area contributed by atoms with Crippen LogP contribution >= 0.6 is 0 Å². The highest BCUT2D eigenvalue weighted by molar-refractivity contribution is 5.94. The van der Waals surface area contributed by atoms with Crippen LogP contribution in [0.4, 0.5) is 10.2 Å². The molecule has 1 aromatic carbocycles. The molecule has 0 atom stereocenters. The van der Waals surface area contributed by atoms with Crippen molar-refractivity contribution in [3.63, 3.8) is 0 Å². The molecule has 0 aliphatic carbocycles. The van der Waals surface area contributed by atoms with Gasteiger partial charge in [0.25, 0.3) is 5.91 Å². The van der Waals surface area contributed by atoms with Crippen molar-refractivity contribution < 1.29 is 9.18 Å². The smallest absolute Gasteiger partial charge is 0.251 e. The van der Waals surface area contributed by atoms with E-state index in [4.69, 9.17) is 5.73 Å². The highest BCUT2D eigenvalue weighted by Crippen LogP contribution is 2.17. The Morgan fingerprint density at radius 3 is 2.80 bits per heavy atom. The Labute approximate surface area is 173 Å². The van der Waals surface area contributed by atoms with E-state index in [9.17, 15) is 9.18 Å². The van der Waals surface area contributed by atoms with Crippen LogP contribution < -0.4 is 11.1 Å². The Morgan fingerprint density at radius 2 is 1.97 bits per heavy atom. The molecule has 3 heterocycles. The van der Waals surface area contributed by atoms with Gasteiger partial charge >= 0.3 is 0 Å². The number of carbonyl (C=O) groups excluding carboxylic acids is 1. The van der Waals surface area contributed by atoms with E-state index < -0.39 is 0 Å². The quantitative estimate of drug-likeness (QED) is 0.533. The fourth-order valence-corrected chi connectivity index (χ4v) is 3.24. The lowest BCUT2D eigenvalue weighted by molar-refractivity contribution is 0.0950. The molecule has 7 heteroatoms. The van der Waals surface area contributed by atoms with E-state index in [1.807, 2.05) is 19.1 Å². The molecule has 150 valence electrons. The number of carbonyl (C=O) groups is 1. The molecule has 0 spiro atoms. The monoisotopic (exact) mass is 401 g/mol. The molecule has 6 nitrogen and oxygen atoms in total. The van der Waals surface area contributed by atoms with Gasteiger partial charge in [-0.15, -0.1) is 0 Å². The third-order valence-corrected chi connectivity index (χ3v) is 4.82. The van der Waals surface area contributed by atoms with Gasteiger partial charge < -0.3 is 11.1 Å². The second-order valence-electron chi connectivity index (χ2n) is 7.06. The van der Waals surface area contributed by atoms with Gasteiger partial charge in [-0.25, -0.2) is 9.37 Å². The standard InChI is InChI=1S/C23H20FN5O/c1-14-17(2-5-22(25)29-14)13-28-23(30)16-6-7-26-20(11-16)9-15-8-18-10-19(24)3-4-21(18)27-12-15/h2-8,10-12H,9,13H2,1H3,(H2,25,29)(H,28,30). The van der Waals surface area contributed by atoms with E-state index in [-0.39, 0.29) is 11.7 Å². The fraction of sp³-hybridized carbons (Fsp3) is 0.130. The molecule has 0 unspecified atom stereocenters. The van der Waals surface area contributed by atoms with Gasteiger partial charge in [-0.05, 0) is 60.5 Å². The first-order chi connectivity index (χ1) is 14.5. The number of halogens is 1. The summed E-state index contributed by atoms with van der Waals surface area (Å²) in [7, 11) is 0. The predicted octanol–water partition coefficient (Wildman–Crippen LogP) is 3.58. The van der Waals surface area contributed by atoms with Crippen LogP contribution in [0.3, 0.4) is 0 Å². The largest absolute Gasteiger partial charge is 0.384 e. The number of anilines is 1. The molecule has 4 rings (SSSR count). The minimum absolute atomic E-state index is 0.200. The van der Waals surface area contributed by atoms with E-state index in [1.54, 1.807) is 36.7 Å². The molecule has 4 aromatic rings. The SMILES string of the molecule is Cc1nc(N)ccc1CNC(=O)c1ccnc(Cc2cnc3ccc(F)cc3c2)c1. The summed E-state index contributed by atoms with van der Waals surface area (Å²) >= 11 is 0. The molecule has 0 radical (unpaired) electrons. The Hall–Kier alpha value is -3.87. The number of benzene rings is 1. The highest BCUT2D eigenvalue weighted by Gasteiger charge is 2.09. The minimum atomic E-state index is -0.301. The van der Waals surface area contributed by atoms with Crippen LogP contribution in [0.15, 0.2) is 60.9 Å². The van der Waals surface area contributed by atoms with Gasteiger partial charge in [0.05, 0.1) is 5.52 Å². The summed E-state index contributed by atoms with van der Waals surface area (Å²) in [5.41, 5.74) is 10.2. The van der Waals surface area contributed by atoms with Crippen molar-refractivity contribution in [3.8, 4) is 0 Å². The van der Waals surface area contributed by atoms with E-state index in [0.29, 0.717) is 24.3 Å². The maximum absolute atomic E-state index is 13.5. The number of rotatable bonds is 5. The lowest BCUT2D eigenvalue weighted by Crippen LogP contribution is -2.23. The summed E-state index contributed by atoms with van der Waals surface area (Å²) in [6.45, 7) is 2.21. The second-order valence-corrected chi connectivity index (χ2v) is 7.06. The first-order valence-electron chi connectivity index (χ1n) is 9.47. The highest BCUT2D eigenvalue weighted by atomic mass is 19.1. The molecular formula is C23H20FN5O. The van der Waals surface area contributed by atoms with Gasteiger partial charge in [0.15, 0.2) is 0 Å². The number of hydrogen-bond donors (Lipinski definition) is 2. The first-order valence-corrected chi connectivity index (χ1v) is 9.47. The van der Waals surface area contributed by atoms with E-state index >= 15 is 0 Å². The van der Waals surface area contributed by atoms with E-state index in [2.05, 4.69) is 20.3 Å². The molecule has 3 N–H and O–H groups in total. The van der Waals surface area contributed by atoms with Crippen LogP contribution in [0.5, 0.6) is 0 Å². The summed E-state index contributed by atoms with van der Waals surface area (Å²) in [6, 6.07) is 13.4. The number of nitrogens with one attached hydrogen (secondary N) is 1. The van der Waals surface area contributed by atoms with Gasteiger partial charge in [0.2, 0.25) is 0 Å². The lowest BCUT2D eigenvalue weighted by atomic mass is 10.1. The molecule has 0 aliphatic heterocycles. The van der Waals surface area contributed by atoms with Crippen molar-refractivity contribution in [2.75, 3.05) is 5.73 Å². The Balaban J connectivity index is 1.47. The maximum Gasteiger partial charge on any atom is 0.251 e. The maximum atomic E-state index is 13.5. The third-order valence-electron chi connectivity index (χ3n) is 4.82. The predicted molar refractivity (Wildman–Crippen MR) is 113 cm³/mol. The van der Waals surface area contributed by atoms with Crippen LogP contribution in [0, 0.1) is 12.7 Å². The molecule has 0 fully saturated rings. The molecule has 0 saturated heterocycles. The van der Waals surface area contributed by atoms with Crippen LogP contribution in [0.25, 0.3) is 10.9 Å². The Bertz CT molecular complexity index is 1240. The third kappa shape index (κ3) is 4.41. The zero-order chi connectivity index (χ0) is 21.1. The van der Waals surface area contributed by atoms with Crippen LogP contribution in [-0.4, -0.2) is 20.9 Å². The van der Waals surface area contributed by atoms with Gasteiger partial charge in [0.1, 0.15) is 11.6 Å². The number of nitrogen functional groups attached to an aromatic ring is 1. The van der Waals surface area contributed by atoms with Crippen molar-refractivity contribution in [1.29, 1.82) is 0 Å². The zero-order valence-electron chi connectivity index (χ0n) is 16.4. The van der Waals surface area contributed by atoms with Gasteiger partial charge in [-0.2, -0.15) is 0 Å². The summed E-state index contributed by atoms with van der Waals surface area (Å²) in [6.07, 6.45) is 3.83.